The van der Waals surface area contributed by atoms with Gasteiger partial charge >= 0.3 is 0 Å². The summed E-state index contributed by atoms with van der Waals surface area (Å²) >= 11 is 5.85. The number of halogens is 1. The zero-order valence-corrected chi connectivity index (χ0v) is 15.4. The van der Waals surface area contributed by atoms with Crippen molar-refractivity contribution in [2.75, 3.05) is 0 Å². The van der Waals surface area contributed by atoms with E-state index in [1.165, 1.54) is 12.4 Å². The van der Waals surface area contributed by atoms with E-state index in [9.17, 15) is 4.79 Å². The number of nitrogens with one attached hydrogen (secondary N) is 1. The van der Waals surface area contributed by atoms with Crippen molar-refractivity contribution in [3.8, 4) is 11.5 Å². The topological polar surface area (TPSA) is 64.1 Å². The molecule has 27 heavy (non-hydrogen) atoms. The molecular formula is C21H18ClN3O2. The third-order valence-corrected chi connectivity index (χ3v) is 4.04. The Morgan fingerprint density at radius 3 is 2.59 bits per heavy atom. The third-order valence-electron chi connectivity index (χ3n) is 3.79. The molecule has 3 rings (SSSR count). The van der Waals surface area contributed by atoms with Gasteiger partial charge in [-0.2, -0.15) is 0 Å². The van der Waals surface area contributed by atoms with Gasteiger partial charge in [-0.05, 0) is 48.4 Å². The molecule has 0 bridgehead atoms. The first kappa shape index (κ1) is 18.6. The maximum atomic E-state index is 12.2. The first-order valence-electron chi connectivity index (χ1n) is 8.37. The average Bonchev–Trinajstić information content (AvgIpc) is 2.68. The first-order valence-corrected chi connectivity index (χ1v) is 8.75. The number of hydrogen-bond acceptors (Lipinski definition) is 4. The number of aromatic nitrogens is 2. The lowest BCUT2D eigenvalue weighted by atomic mass is 10.1. The van der Waals surface area contributed by atoms with Crippen LogP contribution in [0.25, 0.3) is 6.08 Å². The minimum Gasteiger partial charge on any atom is -0.454 e. The Morgan fingerprint density at radius 2 is 1.85 bits per heavy atom. The summed E-state index contributed by atoms with van der Waals surface area (Å²) in [7, 11) is 0. The van der Waals surface area contributed by atoms with Gasteiger partial charge in [-0.3, -0.25) is 4.79 Å². The molecule has 3 aromatic rings. The SMILES string of the molecule is C[C@H](NC(=O)C=Cc1ccc(Cl)cc1)c1cccc(Oc2cncnc2)c1. The molecule has 0 spiro atoms. The molecule has 6 heteroatoms. The van der Waals surface area contributed by atoms with Gasteiger partial charge in [0.1, 0.15) is 12.1 Å². The fourth-order valence-electron chi connectivity index (χ4n) is 2.41. The van der Waals surface area contributed by atoms with Crippen molar-refractivity contribution in [1.82, 2.24) is 15.3 Å². The zero-order chi connectivity index (χ0) is 19.1. The summed E-state index contributed by atoms with van der Waals surface area (Å²) in [5.74, 6) is 1.03. The third kappa shape index (κ3) is 5.66. The number of nitrogens with zero attached hydrogens (tertiary/aromatic N) is 2. The van der Waals surface area contributed by atoms with Crippen molar-refractivity contribution in [1.29, 1.82) is 0 Å². The predicted octanol–water partition coefficient (Wildman–Crippen LogP) is 4.81. The van der Waals surface area contributed by atoms with E-state index in [1.54, 1.807) is 30.6 Å². The smallest absolute Gasteiger partial charge is 0.244 e. The highest BCUT2D eigenvalue weighted by molar-refractivity contribution is 6.30. The van der Waals surface area contributed by atoms with Crippen LogP contribution in [0.5, 0.6) is 11.5 Å². The minimum absolute atomic E-state index is 0.178. The van der Waals surface area contributed by atoms with Crippen molar-refractivity contribution < 1.29 is 9.53 Å². The fourth-order valence-corrected chi connectivity index (χ4v) is 2.54. The Labute approximate surface area is 162 Å². The van der Waals surface area contributed by atoms with Crippen molar-refractivity contribution in [3.63, 3.8) is 0 Å². The van der Waals surface area contributed by atoms with Crippen LogP contribution in [-0.2, 0) is 4.79 Å². The number of carbonyl (C=O) groups is 1. The summed E-state index contributed by atoms with van der Waals surface area (Å²) in [6, 6.07) is 14.6. The van der Waals surface area contributed by atoms with Gasteiger partial charge in [0.15, 0.2) is 5.75 Å². The molecule has 0 saturated heterocycles. The van der Waals surface area contributed by atoms with Crippen LogP contribution >= 0.6 is 11.6 Å². The van der Waals surface area contributed by atoms with Crippen LogP contribution in [0.4, 0.5) is 0 Å². The molecule has 1 heterocycles. The number of carbonyl (C=O) groups excluding carboxylic acids is 1. The summed E-state index contributed by atoms with van der Waals surface area (Å²) in [5.41, 5.74) is 1.83. The average molecular weight is 380 g/mol. The maximum absolute atomic E-state index is 12.2. The molecule has 5 nitrogen and oxygen atoms in total. The molecule has 0 saturated carbocycles. The minimum atomic E-state index is -0.180. The van der Waals surface area contributed by atoms with Crippen LogP contribution in [0.2, 0.25) is 5.02 Å². The van der Waals surface area contributed by atoms with Crippen LogP contribution in [0.15, 0.2) is 73.3 Å². The lowest BCUT2D eigenvalue weighted by Crippen LogP contribution is -2.24. The highest BCUT2D eigenvalue weighted by atomic mass is 35.5. The van der Waals surface area contributed by atoms with E-state index in [2.05, 4.69) is 15.3 Å². The van der Waals surface area contributed by atoms with Gasteiger partial charge < -0.3 is 10.1 Å². The highest BCUT2D eigenvalue weighted by Crippen LogP contribution is 2.23. The van der Waals surface area contributed by atoms with Crippen molar-refractivity contribution in [2.45, 2.75) is 13.0 Å². The van der Waals surface area contributed by atoms with Crippen molar-refractivity contribution in [3.05, 3.63) is 89.5 Å². The van der Waals surface area contributed by atoms with Gasteiger partial charge in [-0.25, -0.2) is 9.97 Å². The van der Waals surface area contributed by atoms with Crippen molar-refractivity contribution >= 4 is 23.6 Å². The summed E-state index contributed by atoms with van der Waals surface area (Å²) in [5, 5.41) is 3.60. The van der Waals surface area contributed by atoms with Gasteiger partial charge in [0, 0.05) is 11.1 Å². The van der Waals surface area contributed by atoms with Crippen LogP contribution < -0.4 is 10.1 Å². The number of ether oxygens (including phenoxy) is 1. The Hall–Kier alpha value is -3.18. The zero-order valence-electron chi connectivity index (χ0n) is 14.7. The molecule has 2 aromatic carbocycles. The number of benzene rings is 2. The van der Waals surface area contributed by atoms with Gasteiger partial charge in [-0.1, -0.05) is 35.9 Å². The van der Waals surface area contributed by atoms with Crippen LogP contribution in [0.3, 0.4) is 0 Å². The molecule has 0 radical (unpaired) electrons. The maximum Gasteiger partial charge on any atom is 0.244 e. The van der Waals surface area contributed by atoms with Crippen LogP contribution in [0.1, 0.15) is 24.1 Å². The Balaban J connectivity index is 1.61. The fraction of sp³-hybridized carbons (Fsp3) is 0.0952. The highest BCUT2D eigenvalue weighted by Gasteiger charge is 2.09. The molecule has 1 amide bonds. The van der Waals surface area contributed by atoms with E-state index in [-0.39, 0.29) is 11.9 Å². The predicted molar refractivity (Wildman–Crippen MR) is 106 cm³/mol. The second kappa shape index (κ2) is 8.96. The molecular weight excluding hydrogens is 362 g/mol. The van der Waals surface area contributed by atoms with E-state index in [0.29, 0.717) is 16.5 Å². The van der Waals surface area contributed by atoms with Crippen LogP contribution in [0, 0.1) is 0 Å². The van der Waals surface area contributed by atoms with E-state index in [1.807, 2.05) is 43.3 Å². The van der Waals surface area contributed by atoms with Gasteiger partial charge in [-0.15, -0.1) is 0 Å². The Bertz CT molecular complexity index is 928. The summed E-state index contributed by atoms with van der Waals surface area (Å²) < 4.78 is 5.73. The summed E-state index contributed by atoms with van der Waals surface area (Å²) in [6.07, 6.45) is 7.87. The largest absolute Gasteiger partial charge is 0.454 e. The van der Waals surface area contributed by atoms with E-state index >= 15 is 0 Å². The molecule has 1 N–H and O–H groups in total. The van der Waals surface area contributed by atoms with Gasteiger partial charge in [0.25, 0.3) is 0 Å². The quantitative estimate of drug-likeness (QED) is 0.624. The monoisotopic (exact) mass is 379 g/mol. The molecule has 0 aliphatic rings. The molecule has 1 atom stereocenters. The number of rotatable bonds is 6. The van der Waals surface area contributed by atoms with Gasteiger partial charge in [0.05, 0.1) is 18.4 Å². The van der Waals surface area contributed by atoms with Crippen LogP contribution in [-0.4, -0.2) is 15.9 Å². The molecule has 0 aliphatic heterocycles. The molecule has 136 valence electrons. The standard InChI is InChI=1S/C21H18ClN3O2/c1-15(25-21(26)10-7-16-5-8-18(22)9-6-16)17-3-2-4-19(11-17)27-20-12-23-14-24-13-20/h2-15H,1H3,(H,25,26)/t15-/m0/s1. The molecule has 0 aliphatic carbocycles. The molecule has 0 fully saturated rings. The Morgan fingerprint density at radius 1 is 1.11 bits per heavy atom. The second-order valence-electron chi connectivity index (χ2n) is 5.86. The molecule has 0 unspecified atom stereocenters. The van der Waals surface area contributed by atoms with Gasteiger partial charge in [0.2, 0.25) is 5.91 Å². The second-order valence-corrected chi connectivity index (χ2v) is 6.30. The van der Waals surface area contributed by atoms with Crippen molar-refractivity contribution in [2.24, 2.45) is 0 Å². The summed E-state index contributed by atoms with van der Waals surface area (Å²) in [4.78, 5) is 20.0. The summed E-state index contributed by atoms with van der Waals surface area (Å²) in [6.45, 7) is 1.92. The lowest BCUT2D eigenvalue weighted by molar-refractivity contribution is -0.117. The lowest BCUT2D eigenvalue weighted by Gasteiger charge is -2.14. The normalized spacial score (nSPS) is 11.9. The Kier molecular flexibility index (Phi) is 6.18. The number of amides is 1. The van der Waals surface area contributed by atoms with E-state index < -0.39 is 0 Å². The van der Waals surface area contributed by atoms with E-state index in [4.69, 9.17) is 16.3 Å². The number of hydrogen-bond donors (Lipinski definition) is 1. The van der Waals surface area contributed by atoms with E-state index in [0.717, 1.165) is 11.1 Å². The molecule has 1 aromatic heterocycles. The first-order chi connectivity index (χ1) is 13.1.